The predicted molar refractivity (Wildman–Crippen MR) is 82.0 cm³/mol. The van der Waals surface area contributed by atoms with Crippen LogP contribution in [0.5, 0.6) is 5.75 Å². The van der Waals surface area contributed by atoms with Gasteiger partial charge in [-0.25, -0.2) is 0 Å². The first-order chi connectivity index (χ1) is 8.78. The van der Waals surface area contributed by atoms with Crippen molar-refractivity contribution in [3.63, 3.8) is 0 Å². The normalized spacial score (nSPS) is 10.8. The van der Waals surface area contributed by atoms with E-state index < -0.39 is 0 Å². The molecule has 3 heteroatoms. The first-order valence-corrected chi connectivity index (χ1v) is 7.18. The quantitative estimate of drug-likeness (QED) is 0.714. The molecule has 0 aliphatic carbocycles. The molecule has 2 rings (SSSR count). The maximum absolute atomic E-state index is 5.12. The number of benzene rings is 2. The molecular weight excluding hydrogens is 308 g/mol. The van der Waals surface area contributed by atoms with Crippen molar-refractivity contribution in [2.75, 3.05) is 7.11 Å². The topological polar surface area (TPSA) is 9.23 Å². The van der Waals surface area contributed by atoms with Crippen LogP contribution < -0.4 is 4.74 Å². The summed E-state index contributed by atoms with van der Waals surface area (Å²) in [6, 6.07) is 16.3. The zero-order valence-electron chi connectivity index (χ0n) is 9.97. The van der Waals surface area contributed by atoms with E-state index in [0.717, 1.165) is 10.2 Å². The minimum Gasteiger partial charge on any atom is -0.497 e. The van der Waals surface area contributed by atoms with E-state index in [1.807, 2.05) is 24.3 Å². The summed E-state index contributed by atoms with van der Waals surface area (Å²) in [5, 5.41) is 2.09. The van der Waals surface area contributed by atoms with Gasteiger partial charge in [0.15, 0.2) is 0 Å². The summed E-state index contributed by atoms with van der Waals surface area (Å²) in [6.45, 7) is 0. The van der Waals surface area contributed by atoms with Crippen LogP contribution in [0, 0.1) is 0 Å². The smallest absolute Gasteiger partial charge is 0.118 e. The van der Waals surface area contributed by atoms with E-state index in [4.69, 9.17) is 4.74 Å². The molecule has 0 fully saturated rings. The Labute approximate surface area is 120 Å². The number of thioether (sulfide) groups is 1. The molecule has 0 saturated carbocycles. The molecular formula is C15H13BrOS. The summed E-state index contributed by atoms with van der Waals surface area (Å²) < 4.78 is 6.22. The molecule has 0 atom stereocenters. The molecule has 0 N–H and O–H groups in total. The molecule has 0 spiro atoms. The van der Waals surface area contributed by atoms with E-state index in [9.17, 15) is 0 Å². The second kappa shape index (κ2) is 6.66. The zero-order valence-corrected chi connectivity index (χ0v) is 12.4. The molecule has 0 radical (unpaired) electrons. The Balaban J connectivity index is 1.95. The van der Waals surface area contributed by atoms with Crippen LogP contribution in [0.4, 0.5) is 0 Å². The Bertz CT molecular complexity index is 517. The van der Waals surface area contributed by atoms with E-state index in [1.54, 1.807) is 18.9 Å². The van der Waals surface area contributed by atoms with E-state index in [0.29, 0.717) is 0 Å². The highest BCUT2D eigenvalue weighted by atomic mass is 79.9. The third-order valence-electron chi connectivity index (χ3n) is 2.39. The maximum Gasteiger partial charge on any atom is 0.118 e. The van der Waals surface area contributed by atoms with Crippen LogP contribution in [0.2, 0.25) is 0 Å². The van der Waals surface area contributed by atoms with E-state index in [-0.39, 0.29) is 0 Å². The number of methoxy groups -OCH3 is 1. The molecule has 0 heterocycles. The Hall–Kier alpha value is -1.19. The van der Waals surface area contributed by atoms with Gasteiger partial charge in [-0.1, -0.05) is 39.8 Å². The Kier molecular flexibility index (Phi) is 4.90. The first-order valence-electron chi connectivity index (χ1n) is 5.51. The van der Waals surface area contributed by atoms with Gasteiger partial charge in [-0.2, -0.15) is 0 Å². The average molecular weight is 321 g/mol. The fourth-order valence-electron chi connectivity index (χ4n) is 1.42. The Morgan fingerprint density at radius 3 is 2.28 bits per heavy atom. The number of rotatable bonds is 4. The lowest BCUT2D eigenvalue weighted by molar-refractivity contribution is 0.414. The molecule has 1 nitrogen and oxygen atoms in total. The van der Waals surface area contributed by atoms with Crippen LogP contribution >= 0.6 is 27.7 Å². The second-order valence-corrected chi connectivity index (χ2v) is 5.54. The summed E-state index contributed by atoms with van der Waals surface area (Å²) in [6.07, 6.45) is 2.10. The van der Waals surface area contributed by atoms with Crippen LogP contribution in [-0.2, 0) is 0 Å². The van der Waals surface area contributed by atoms with Crippen molar-refractivity contribution in [3.05, 3.63) is 64.0 Å². The highest BCUT2D eigenvalue weighted by Gasteiger charge is 1.93. The van der Waals surface area contributed by atoms with Crippen molar-refractivity contribution in [2.24, 2.45) is 0 Å². The van der Waals surface area contributed by atoms with Gasteiger partial charge in [0.25, 0.3) is 0 Å². The van der Waals surface area contributed by atoms with Crippen LogP contribution in [0.15, 0.2) is 63.3 Å². The predicted octanol–water partition coefficient (Wildman–Crippen LogP) is 5.22. The molecule has 0 aromatic heterocycles. The van der Waals surface area contributed by atoms with E-state index in [1.165, 1.54) is 10.5 Å². The molecule has 0 unspecified atom stereocenters. The summed E-state index contributed by atoms with van der Waals surface area (Å²) in [5.74, 6) is 0.885. The zero-order chi connectivity index (χ0) is 12.8. The van der Waals surface area contributed by atoms with E-state index in [2.05, 4.69) is 51.7 Å². The fraction of sp³-hybridized carbons (Fsp3) is 0.0667. The monoisotopic (exact) mass is 320 g/mol. The van der Waals surface area contributed by atoms with Crippen molar-refractivity contribution in [1.82, 2.24) is 0 Å². The van der Waals surface area contributed by atoms with Crippen molar-refractivity contribution >= 4 is 33.8 Å². The SMILES string of the molecule is COc1ccc(S/C=C\c2ccc(Br)cc2)cc1. The van der Waals surface area contributed by atoms with Gasteiger partial charge < -0.3 is 4.74 Å². The van der Waals surface area contributed by atoms with Crippen LogP contribution in [0.1, 0.15) is 5.56 Å². The van der Waals surface area contributed by atoms with E-state index >= 15 is 0 Å². The minimum absolute atomic E-state index is 0.885. The second-order valence-electron chi connectivity index (χ2n) is 3.65. The minimum atomic E-state index is 0.885. The number of hydrogen-bond acceptors (Lipinski definition) is 2. The molecule has 0 amide bonds. The van der Waals surface area contributed by atoms with Gasteiger partial charge in [0, 0.05) is 9.37 Å². The third-order valence-corrected chi connectivity index (χ3v) is 3.74. The molecule has 2 aromatic rings. The number of ether oxygens (including phenoxy) is 1. The summed E-state index contributed by atoms with van der Waals surface area (Å²) in [7, 11) is 1.68. The molecule has 2 aromatic carbocycles. The van der Waals surface area contributed by atoms with Gasteiger partial charge in [-0.15, -0.1) is 0 Å². The van der Waals surface area contributed by atoms with Crippen molar-refractivity contribution in [2.45, 2.75) is 4.90 Å². The number of hydrogen-bond donors (Lipinski definition) is 0. The van der Waals surface area contributed by atoms with Crippen molar-refractivity contribution in [1.29, 1.82) is 0 Å². The maximum atomic E-state index is 5.12. The molecule has 0 aliphatic heterocycles. The summed E-state index contributed by atoms with van der Waals surface area (Å²) in [5.41, 5.74) is 1.19. The fourth-order valence-corrected chi connectivity index (χ4v) is 2.36. The van der Waals surface area contributed by atoms with Crippen LogP contribution in [0.3, 0.4) is 0 Å². The van der Waals surface area contributed by atoms with Crippen LogP contribution in [0.25, 0.3) is 6.08 Å². The molecule has 18 heavy (non-hydrogen) atoms. The molecule has 0 aliphatic rings. The summed E-state index contributed by atoms with van der Waals surface area (Å²) >= 11 is 5.11. The van der Waals surface area contributed by atoms with Gasteiger partial charge in [-0.3, -0.25) is 0 Å². The Morgan fingerprint density at radius 1 is 1.00 bits per heavy atom. The Morgan fingerprint density at radius 2 is 1.67 bits per heavy atom. The largest absolute Gasteiger partial charge is 0.497 e. The lowest BCUT2D eigenvalue weighted by Gasteiger charge is -2.00. The molecule has 92 valence electrons. The van der Waals surface area contributed by atoms with Gasteiger partial charge in [0.2, 0.25) is 0 Å². The average Bonchev–Trinajstić information content (AvgIpc) is 2.42. The van der Waals surface area contributed by atoms with Gasteiger partial charge in [-0.05, 0) is 53.4 Å². The molecule has 0 bridgehead atoms. The first kappa shape index (κ1) is 13.2. The lowest BCUT2D eigenvalue weighted by atomic mass is 10.2. The summed E-state index contributed by atoms with van der Waals surface area (Å²) in [4.78, 5) is 1.20. The third kappa shape index (κ3) is 3.93. The van der Waals surface area contributed by atoms with Crippen molar-refractivity contribution in [3.8, 4) is 5.75 Å². The van der Waals surface area contributed by atoms with Gasteiger partial charge in [0.1, 0.15) is 5.75 Å². The standard InChI is InChI=1S/C15H13BrOS/c1-17-14-6-8-15(9-7-14)18-11-10-12-2-4-13(16)5-3-12/h2-11H,1H3/b11-10-. The highest BCUT2D eigenvalue weighted by molar-refractivity contribution is 9.10. The van der Waals surface area contributed by atoms with Gasteiger partial charge >= 0.3 is 0 Å². The lowest BCUT2D eigenvalue weighted by Crippen LogP contribution is -1.80. The van der Waals surface area contributed by atoms with Crippen LogP contribution in [-0.4, -0.2) is 7.11 Å². The molecule has 0 saturated heterocycles. The highest BCUT2D eigenvalue weighted by Crippen LogP contribution is 2.23. The number of halogens is 1. The van der Waals surface area contributed by atoms with Crippen molar-refractivity contribution < 1.29 is 4.74 Å². The van der Waals surface area contributed by atoms with Gasteiger partial charge in [0.05, 0.1) is 7.11 Å².